The van der Waals surface area contributed by atoms with Gasteiger partial charge in [-0.15, -0.1) is 0 Å². The summed E-state index contributed by atoms with van der Waals surface area (Å²) in [6, 6.07) is 0.465. The minimum absolute atomic E-state index is 0.105. The molecule has 1 unspecified atom stereocenters. The molecule has 1 aliphatic carbocycles. The van der Waals surface area contributed by atoms with Crippen molar-refractivity contribution in [2.75, 3.05) is 13.7 Å². The molecule has 0 bridgehead atoms. The minimum Gasteiger partial charge on any atom is -0.467 e. The first-order chi connectivity index (χ1) is 14.0. The van der Waals surface area contributed by atoms with Gasteiger partial charge in [-0.1, -0.05) is 6.08 Å². The molecule has 2 heterocycles. The van der Waals surface area contributed by atoms with Crippen LogP contribution in [0.25, 0.3) is 16.6 Å². The van der Waals surface area contributed by atoms with Gasteiger partial charge in [-0.05, 0) is 42.9 Å². The molecule has 3 rings (SSSR count). The Morgan fingerprint density at radius 3 is 2.76 bits per heavy atom. The van der Waals surface area contributed by atoms with E-state index in [4.69, 9.17) is 0 Å². The summed E-state index contributed by atoms with van der Waals surface area (Å²) < 4.78 is 4.51. The first kappa shape index (κ1) is 20.7. The number of aromatic nitrogens is 2. The van der Waals surface area contributed by atoms with Crippen LogP contribution in [0.5, 0.6) is 0 Å². The maximum Gasteiger partial charge on any atom is 0.330 e. The second-order valence-electron chi connectivity index (χ2n) is 6.79. The molecule has 0 spiro atoms. The number of ether oxygens (including phenoxy) is 1. The fourth-order valence-corrected chi connectivity index (χ4v) is 3.47. The number of pyridine rings is 2. The third-order valence-electron chi connectivity index (χ3n) is 4.99. The highest BCUT2D eigenvalue weighted by Crippen LogP contribution is 2.28. The molecular formula is C20H23N3O6. The monoisotopic (exact) mass is 401 g/mol. The Bertz CT molecular complexity index is 1030. The molecule has 2 aromatic rings. The number of nitrogens with one attached hydrogen (secondary N) is 2. The van der Waals surface area contributed by atoms with Crippen LogP contribution in [-0.4, -0.2) is 51.8 Å². The van der Waals surface area contributed by atoms with Gasteiger partial charge in [-0.3, -0.25) is 9.59 Å². The molecule has 2 aromatic heterocycles. The lowest BCUT2D eigenvalue weighted by atomic mass is 9.93. The van der Waals surface area contributed by atoms with E-state index in [9.17, 15) is 24.6 Å². The van der Waals surface area contributed by atoms with E-state index in [0.29, 0.717) is 5.39 Å². The molecule has 0 fully saturated rings. The largest absolute Gasteiger partial charge is 0.467 e. The number of allylic oxidation sites excluding steroid dienone is 2. The van der Waals surface area contributed by atoms with Crippen molar-refractivity contribution in [1.82, 2.24) is 15.3 Å². The Labute approximate surface area is 166 Å². The van der Waals surface area contributed by atoms with E-state index in [-0.39, 0.29) is 16.8 Å². The number of methoxy groups -OCH3 is 1. The molecule has 0 aliphatic heterocycles. The number of fused-ring (bicyclic) bond motifs is 1. The number of aliphatic hydroxyl groups is 2. The summed E-state index contributed by atoms with van der Waals surface area (Å²) in [5.41, 5.74) is 1.28. The standard InChI is InChI=1S/C20H23N3O6/c1-29-20(28)15(10-25)22-18(26)16-14(9-24)13-7-12(11-5-3-2-4-6-11)8-21-17(13)23-19(16)27/h5,7-8,15,24-25H,2-4,6,9-10H2,1H3,(H,22,26)(H,21,23,27). The van der Waals surface area contributed by atoms with Crippen LogP contribution in [0.15, 0.2) is 23.1 Å². The number of nitrogens with zero attached hydrogens (tertiary/aromatic N) is 1. The van der Waals surface area contributed by atoms with E-state index in [2.05, 4.69) is 26.1 Å². The fourth-order valence-electron chi connectivity index (χ4n) is 3.47. The molecule has 29 heavy (non-hydrogen) atoms. The molecule has 0 radical (unpaired) electrons. The molecule has 154 valence electrons. The van der Waals surface area contributed by atoms with Crippen molar-refractivity contribution >= 4 is 28.5 Å². The number of carbonyl (C=O) groups excluding carboxylic acids is 2. The molecule has 1 amide bonds. The average molecular weight is 401 g/mol. The molecule has 1 aliphatic rings. The van der Waals surface area contributed by atoms with Crippen LogP contribution >= 0.6 is 0 Å². The summed E-state index contributed by atoms with van der Waals surface area (Å²) in [6.07, 6.45) is 7.91. The first-order valence-electron chi connectivity index (χ1n) is 9.34. The van der Waals surface area contributed by atoms with Gasteiger partial charge in [0, 0.05) is 17.1 Å². The summed E-state index contributed by atoms with van der Waals surface area (Å²) in [4.78, 5) is 43.6. The second kappa shape index (κ2) is 8.97. The molecule has 9 nitrogen and oxygen atoms in total. The number of aliphatic hydroxyl groups excluding tert-OH is 2. The van der Waals surface area contributed by atoms with Crippen LogP contribution < -0.4 is 10.9 Å². The third-order valence-corrected chi connectivity index (χ3v) is 4.99. The molecule has 0 aromatic carbocycles. The second-order valence-corrected chi connectivity index (χ2v) is 6.79. The van der Waals surface area contributed by atoms with Crippen LogP contribution in [0.4, 0.5) is 0 Å². The quantitative estimate of drug-likeness (QED) is 0.520. The minimum atomic E-state index is -1.33. The van der Waals surface area contributed by atoms with Crippen molar-refractivity contribution in [3.8, 4) is 0 Å². The number of rotatable bonds is 6. The van der Waals surface area contributed by atoms with Crippen LogP contribution in [0, 0.1) is 0 Å². The predicted octanol–water partition coefficient (Wildman–Crippen LogP) is 0.636. The average Bonchev–Trinajstić information content (AvgIpc) is 2.76. The number of hydrogen-bond donors (Lipinski definition) is 4. The lowest BCUT2D eigenvalue weighted by molar-refractivity contribution is -0.143. The molecule has 1 atom stereocenters. The zero-order valence-electron chi connectivity index (χ0n) is 16.0. The lowest BCUT2D eigenvalue weighted by Gasteiger charge is -2.16. The normalized spacial score (nSPS) is 14.9. The van der Waals surface area contributed by atoms with E-state index >= 15 is 0 Å². The smallest absolute Gasteiger partial charge is 0.330 e. The van der Waals surface area contributed by atoms with Gasteiger partial charge in [0.2, 0.25) is 0 Å². The fraction of sp³-hybridized carbons (Fsp3) is 0.400. The summed E-state index contributed by atoms with van der Waals surface area (Å²) in [6.45, 7) is -1.27. The summed E-state index contributed by atoms with van der Waals surface area (Å²) in [5, 5.41) is 21.9. The van der Waals surface area contributed by atoms with Crippen LogP contribution in [0.3, 0.4) is 0 Å². The Morgan fingerprint density at radius 1 is 1.34 bits per heavy atom. The van der Waals surface area contributed by atoms with Gasteiger partial charge in [0.05, 0.1) is 20.3 Å². The Kier molecular flexibility index (Phi) is 6.40. The van der Waals surface area contributed by atoms with Crippen molar-refractivity contribution in [1.29, 1.82) is 0 Å². The van der Waals surface area contributed by atoms with Gasteiger partial charge in [0.25, 0.3) is 11.5 Å². The van der Waals surface area contributed by atoms with Gasteiger partial charge in [-0.25, -0.2) is 9.78 Å². The lowest BCUT2D eigenvalue weighted by Crippen LogP contribution is -2.45. The van der Waals surface area contributed by atoms with Crippen molar-refractivity contribution in [3.63, 3.8) is 0 Å². The van der Waals surface area contributed by atoms with Gasteiger partial charge in [0.15, 0.2) is 6.04 Å². The number of esters is 1. The van der Waals surface area contributed by atoms with Crippen molar-refractivity contribution < 1.29 is 24.5 Å². The summed E-state index contributed by atoms with van der Waals surface area (Å²) >= 11 is 0. The first-order valence-corrected chi connectivity index (χ1v) is 9.34. The van der Waals surface area contributed by atoms with Crippen molar-refractivity contribution in [2.24, 2.45) is 0 Å². The Hall–Kier alpha value is -3.04. The topological polar surface area (TPSA) is 142 Å². The number of carbonyl (C=O) groups is 2. The summed E-state index contributed by atoms with van der Waals surface area (Å²) in [5.74, 6) is -1.75. The molecule has 0 saturated carbocycles. The number of amides is 1. The van der Waals surface area contributed by atoms with E-state index in [0.717, 1.165) is 43.9 Å². The summed E-state index contributed by atoms with van der Waals surface area (Å²) in [7, 11) is 1.12. The van der Waals surface area contributed by atoms with Gasteiger partial charge in [0.1, 0.15) is 11.2 Å². The molecule has 9 heteroatoms. The van der Waals surface area contributed by atoms with Crippen molar-refractivity contribution in [3.05, 3.63) is 45.4 Å². The Morgan fingerprint density at radius 2 is 2.14 bits per heavy atom. The highest BCUT2D eigenvalue weighted by molar-refractivity contribution is 6.01. The van der Waals surface area contributed by atoms with E-state index in [1.54, 1.807) is 12.3 Å². The van der Waals surface area contributed by atoms with Gasteiger partial charge >= 0.3 is 5.97 Å². The van der Waals surface area contributed by atoms with Crippen molar-refractivity contribution in [2.45, 2.75) is 38.3 Å². The van der Waals surface area contributed by atoms with Crippen LogP contribution in [-0.2, 0) is 16.1 Å². The maximum absolute atomic E-state index is 12.7. The molecule has 0 saturated heterocycles. The van der Waals surface area contributed by atoms with E-state index in [1.165, 1.54) is 0 Å². The van der Waals surface area contributed by atoms with Gasteiger partial charge in [-0.2, -0.15) is 0 Å². The zero-order valence-corrected chi connectivity index (χ0v) is 16.0. The van der Waals surface area contributed by atoms with Crippen LogP contribution in [0.1, 0.15) is 47.2 Å². The van der Waals surface area contributed by atoms with Crippen LogP contribution in [0.2, 0.25) is 0 Å². The number of aromatic amines is 1. The highest BCUT2D eigenvalue weighted by Gasteiger charge is 2.26. The molecule has 4 N–H and O–H groups in total. The SMILES string of the molecule is COC(=O)C(CO)NC(=O)c1c(CO)c2cc(C3=CCCCC3)cnc2[nH]c1=O. The molecular weight excluding hydrogens is 378 g/mol. The zero-order chi connectivity index (χ0) is 21.0. The van der Waals surface area contributed by atoms with E-state index in [1.807, 2.05) is 0 Å². The number of H-pyrrole nitrogens is 1. The third kappa shape index (κ3) is 4.20. The number of hydrogen-bond acceptors (Lipinski definition) is 7. The predicted molar refractivity (Wildman–Crippen MR) is 105 cm³/mol. The Balaban J connectivity index is 2.08. The highest BCUT2D eigenvalue weighted by atomic mass is 16.5. The maximum atomic E-state index is 12.7. The van der Waals surface area contributed by atoms with Gasteiger partial charge < -0.3 is 25.3 Å². The van der Waals surface area contributed by atoms with E-state index < -0.39 is 36.7 Å².